The lowest BCUT2D eigenvalue weighted by atomic mass is 10.0. The minimum atomic E-state index is -0.0128. The van der Waals surface area contributed by atoms with Gasteiger partial charge in [-0.05, 0) is 34.1 Å². The number of nitrogens with one attached hydrogen (secondary N) is 2. The van der Waals surface area contributed by atoms with Crippen molar-refractivity contribution in [2.75, 3.05) is 19.7 Å². The number of amides is 1. The summed E-state index contributed by atoms with van der Waals surface area (Å²) in [6, 6.07) is 0. The van der Waals surface area contributed by atoms with Crippen LogP contribution < -0.4 is 10.6 Å². The van der Waals surface area contributed by atoms with Gasteiger partial charge in [-0.3, -0.25) is 4.79 Å². The van der Waals surface area contributed by atoms with Crippen LogP contribution in [0.3, 0.4) is 0 Å². The first kappa shape index (κ1) is 13.5. The molecule has 16 heavy (non-hydrogen) atoms. The van der Waals surface area contributed by atoms with Gasteiger partial charge in [0.05, 0.1) is 12.6 Å². The van der Waals surface area contributed by atoms with Crippen LogP contribution in [0.1, 0.15) is 34.1 Å². The van der Waals surface area contributed by atoms with Crippen LogP contribution in [0.5, 0.6) is 0 Å². The van der Waals surface area contributed by atoms with Gasteiger partial charge in [-0.15, -0.1) is 0 Å². The highest BCUT2D eigenvalue weighted by Crippen LogP contribution is 2.19. The topological polar surface area (TPSA) is 50.4 Å². The zero-order chi connectivity index (χ0) is 12.2. The van der Waals surface area contributed by atoms with Crippen molar-refractivity contribution in [3.8, 4) is 0 Å². The Morgan fingerprint density at radius 1 is 1.44 bits per heavy atom. The van der Waals surface area contributed by atoms with E-state index in [2.05, 4.69) is 17.6 Å². The van der Waals surface area contributed by atoms with Crippen molar-refractivity contribution in [2.24, 2.45) is 5.92 Å². The Balaban J connectivity index is 2.15. The first-order valence-electron chi connectivity index (χ1n) is 6.02. The molecular weight excluding hydrogens is 204 g/mol. The second-order valence-corrected chi connectivity index (χ2v) is 5.53. The van der Waals surface area contributed by atoms with E-state index in [1.165, 1.54) is 0 Å². The summed E-state index contributed by atoms with van der Waals surface area (Å²) in [6.07, 6.45) is 1.32. The molecule has 4 nitrogen and oxygen atoms in total. The molecule has 2 unspecified atom stereocenters. The third-order valence-corrected chi connectivity index (χ3v) is 2.87. The molecule has 0 aliphatic carbocycles. The van der Waals surface area contributed by atoms with Crippen LogP contribution in [0, 0.1) is 5.92 Å². The number of rotatable bonds is 4. The number of carbonyl (C=O) groups excluding carboxylic acids is 1. The van der Waals surface area contributed by atoms with Gasteiger partial charge in [0.15, 0.2) is 0 Å². The molecule has 1 aliphatic heterocycles. The second kappa shape index (κ2) is 5.64. The maximum atomic E-state index is 11.5. The number of ether oxygens (including phenoxy) is 1. The molecule has 0 saturated carbocycles. The quantitative estimate of drug-likeness (QED) is 0.752. The second-order valence-electron chi connectivity index (χ2n) is 5.53. The van der Waals surface area contributed by atoms with Crippen LogP contribution in [-0.4, -0.2) is 37.2 Å². The molecule has 0 spiro atoms. The van der Waals surface area contributed by atoms with E-state index >= 15 is 0 Å². The molecule has 1 fully saturated rings. The third kappa shape index (κ3) is 4.94. The van der Waals surface area contributed by atoms with Gasteiger partial charge in [-0.1, -0.05) is 0 Å². The van der Waals surface area contributed by atoms with Gasteiger partial charge in [0.2, 0.25) is 5.91 Å². The highest BCUT2D eigenvalue weighted by molar-refractivity contribution is 5.78. The fourth-order valence-electron chi connectivity index (χ4n) is 1.70. The number of hydrogen-bond donors (Lipinski definition) is 2. The van der Waals surface area contributed by atoms with E-state index in [9.17, 15) is 4.79 Å². The van der Waals surface area contributed by atoms with E-state index in [1.807, 2.05) is 20.8 Å². The van der Waals surface area contributed by atoms with Crippen LogP contribution in [-0.2, 0) is 9.53 Å². The maximum absolute atomic E-state index is 11.5. The molecule has 2 atom stereocenters. The fourth-order valence-corrected chi connectivity index (χ4v) is 1.70. The summed E-state index contributed by atoms with van der Waals surface area (Å²) in [5.74, 6) is 0.535. The Morgan fingerprint density at radius 2 is 2.12 bits per heavy atom. The molecule has 1 heterocycles. The van der Waals surface area contributed by atoms with Crippen molar-refractivity contribution < 1.29 is 9.53 Å². The van der Waals surface area contributed by atoms with E-state index in [-0.39, 0.29) is 17.6 Å². The molecule has 0 aromatic carbocycles. The van der Waals surface area contributed by atoms with Crippen LogP contribution >= 0.6 is 0 Å². The zero-order valence-electron chi connectivity index (χ0n) is 10.8. The summed E-state index contributed by atoms with van der Waals surface area (Å²) >= 11 is 0. The fraction of sp³-hybridized carbons (Fsp3) is 0.917. The van der Waals surface area contributed by atoms with Gasteiger partial charge in [-0.2, -0.15) is 0 Å². The first-order chi connectivity index (χ1) is 7.38. The molecule has 1 aliphatic rings. The summed E-state index contributed by atoms with van der Waals surface area (Å²) in [7, 11) is 0. The van der Waals surface area contributed by atoms with Gasteiger partial charge < -0.3 is 15.4 Å². The molecule has 0 aromatic rings. The average molecular weight is 228 g/mol. The Morgan fingerprint density at radius 3 is 2.62 bits per heavy atom. The van der Waals surface area contributed by atoms with Gasteiger partial charge in [0.1, 0.15) is 0 Å². The van der Waals surface area contributed by atoms with Crippen molar-refractivity contribution in [3.63, 3.8) is 0 Å². The predicted molar refractivity (Wildman–Crippen MR) is 64.3 cm³/mol. The van der Waals surface area contributed by atoms with Crippen molar-refractivity contribution in [1.82, 2.24) is 10.6 Å². The SMILES string of the molecule is CC1OCCC1CNC(=O)CNC(C)(C)C. The lowest BCUT2D eigenvalue weighted by molar-refractivity contribution is -0.120. The molecule has 2 N–H and O–H groups in total. The van der Waals surface area contributed by atoms with Crippen molar-refractivity contribution in [3.05, 3.63) is 0 Å². The minimum absolute atomic E-state index is 0.0128. The largest absolute Gasteiger partial charge is 0.378 e. The molecule has 94 valence electrons. The molecule has 1 amide bonds. The summed E-state index contributed by atoms with van der Waals surface area (Å²) < 4.78 is 5.45. The average Bonchev–Trinajstić information content (AvgIpc) is 2.57. The smallest absolute Gasteiger partial charge is 0.233 e. The van der Waals surface area contributed by atoms with E-state index in [0.29, 0.717) is 12.5 Å². The van der Waals surface area contributed by atoms with Gasteiger partial charge in [-0.25, -0.2) is 0 Å². The summed E-state index contributed by atoms with van der Waals surface area (Å²) in [5.41, 5.74) is -0.0128. The zero-order valence-corrected chi connectivity index (χ0v) is 10.8. The Kier molecular flexibility index (Phi) is 4.74. The van der Waals surface area contributed by atoms with Gasteiger partial charge >= 0.3 is 0 Å². The molecule has 4 heteroatoms. The van der Waals surface area contributed by atoms with Crippen molar-refractivity contribution >= 4 is 5.91 Å². The van der Waals surface area contributed by atoms with Crippen LogP contribution in [0.15, 0.2) is 0 Å². The molecule has 0 bridgehead atoms. The highest BCUT2D eigenvalue weighted by Gasteiger charge is 2.24. The normalized spacial score (nSPS) is 25.8. The molecular formula is C12H24N2O2. The summed E-state index contributed by atoms with van der Waals surface area (Å²) in [4.78, 5) is 11.5. The molecule has 0 aromatic heterocycles. The summed E-state index contributed by atoms with van der Waals surface area (Å²) in [5, 5.41) is 6.11. The van der Waals surface area contributed by atoms with Crippen molar-refractivity contribution in [1.29, 1.82) is 0 Å². The first-order valence-corrected chi connectivity index (χ1v) is 6.02. The van der Waals surface area contributed by atoms with E-state index in [4.69, 9.17) is 4.74 Å². The third-order valence-electron chi connectivity index (χ3n) is 2.87. The maximum Gasteiger partial charge on any atom is 0.233 e. The van der Waals surface area contributed by atoms with E-state index in [0.717, 1.165) is 19.6 Å². The van der Waals surface area contributed by atoms with Crippen LogP contribution in [0.4, 0.5) is 0 Å². The Bertz CT molecular complexity index is 236. The Hall–Kier alpha value is -0.610. The lowest BCUT2D eigenvalue weighted by Crippen LogP contribution is -2.44. The predicted octanol–water partition coefficient (Wildman–Crippen LogP) is 0.916. The Labute approximate surface area is 98.1 Å². The summed E-state index contributed by atoms with van der Waals surface area (Å²) in [6.45, 7) is 10.1. The standard InChI is InChI=1S/C12H24N2O2/c1-9-10(5-6-16-9)7-13-11(15)8-14-12(2,3)4/h9-10,14H,5-8H2,1-4H3,(H,13,15). The van der Waals surface area contributed by atoms with Gasteiger partial charge in [0, 0.05) is 24.6 Å². The van der Waals surface area contributed by atoms with Crippen molar-refractivity contribution in [2.45, 2.75) is 45.8 Å². The van der Waals surface area contributed by atoms with Gasteiger partial charge in [0.25, 0.3) is 0 Å². The molecule has 1 rings (SSSR count). The van der Waals surface area contributed by atoms with Crippen LogP contribution in [0.25, 0.3) is 0 Å². The minimum Gasteiger partial charge on any atom is -0.378 e. The van der Waals surface area contributed by atoms with E-state index in [1.54, 1.807) is 0 Å². The number of hydrogen-bond acceptors (Lipinski definition) is 3. The monoisotopic (exact) mass is 228 g/mol. The molecule has 0 radical (unpaired) electrons. The lowest BCUT2D eigenvalue weighted by Gasteiger charge is -2.21. The van der Waals surface area contributed by atoms with Crippen LogP contribution in [0.2, 0.25) is 0 Å². The number of carbonyl (C=O) groups is 1. The highest BCUT2D eigenvalue weighted by atomic mass is 16.5. The molecule has 1 saturated heterocycles. The van der Waals surface area contributed by atoms with E-state index < -0.39 is 0 Å².